The monoisotopic (exact) mass is 354 g/mol. The number of aromatic carboxylic acids is 1. The third kappa shape index (κ3) is 4.47. The van der Waals surface area contributed by atoms with E-state index in [2.05, 4.69) is 16.3 Å². The van der Waals surface area contributed by atoms with Crippen molar-refractivity contribution in [1.82, 2.24) is 4.90 Å². The lowest BCUT2D eigenvalue weighted by molar-refractivity contribution is 0.0342. The van der Waals surface area contributed by atoms with Crippen LogP contribution in [-0.4, -0.2) is 48.2 Å². The summed E-state index contributed by atoms with van der Waals surface area (Å²) in [6.07, 6.45) is 0. The van der Waals surface area contributed by atoms with Crippen LogP contribution in [0.25, 0.3) is 0 Å². The molecule has 1 aliphatic heterocycles. The van der Waals surface area contributed by atoms with E-state index in [-0.39, 0.29) is 11.5 Å². The lowest BCUT2D eigenvalue weighted by Crippen LogP contribution is -2.35. The Balaban J connectivity index is 1.70. The lowest BCUT2D eigenvalue weighted by atomic mass is 10.1. The van der Waals surface area contributed by atoms with E-state index in [1.165, 1.54) is 24.3 Å². The summed E-state index contributed by atoms with van der Waals surface area (Å²) in [6, 6.07) is 12.0. The third-order valence-electron chi connectivity index (χ3n) is 4.45. The molecule has 136 valence electrons. The fourth-order valence-corrected chi connectivity index (χ4v) is 2.88. The second kappa shape index (κ2) is 8.12. The molecule has 0 atom stereocenters. The Morgan fingerprint density at radius 1 is 1.08 bits per heavy atom. The van der Waals surface area contributed by atoms with Gasteiger partial charge >= 0.3 is 5.97 Å². The zero-order valence-electron chi connectivity index (χ0n) is 14.7. The van der Waals surface area contributed by atoms with Crippen LogP contribution in [0.2, 0.25) is 0 Å². The van der Waals surface area contributed by atoms with Crippen molar-refractivity contribution in [2.24, 2.45) is 0 Å². The van der Waals surface area contributed by atoms with E-state index in [9.17, 15) is 9.59 Å². The minimum atomic E-state index is -1.01. The maximum atomic E-state index is 12.5. The van der Waals surface area contributed by atoms with Crippen molar-refractivity contribution in [3.8, 4) is 0 Å². The summed E-state index contributed by atoms with van der Waals surface area (Å²) in [7, 11) is 0. The largest absolute Gasteiger partial charge is 0.478 e. The molecule has 0 bridgehead atoms. The number of hydrogen-bond donors (Lipinski definition) is 2. The molecule has 0 aromatic heterocycles. The van der Waals surface area contributed by atoms with E-state index in [0.29, 0.717) is 5.56 Å². The number of morpholine rings is 1. The predicted molar refractivity (Wildman–Crippen MR) is 98.6 cm³/mol. The van der Waals surface area contributed by atoms with Crippen LogP contribution in [0.1, 0.15) is 31.8 Å². The van der Waals surface area contributed by atoms with Crippen molar-refractivity contribution in [1.29, 1.82) is 0 Å². The standard InChI is InChI=1S/C20H22N2O4/c1-14-2-3-15(13-22-8-10-26-11-9-22)12-18(14)21-19(23)16-4-6-17(7-5-16)20(24)25/h2-7,12H,8-11,13H2,1H3,(H,21,23)(H,24,25). The van der Waals surface area contributed by atoms with Crippen LogP contribution in [-0.2, 0) is 11.3 Å². The maximum Gasteiger partial charge on any atom is 0.335 e. The number of benzene rings is 2. The van der Waals surface area contributed by atoms with E-state index in [0.717, 1.165) is 49.7 Å². The van der Waals surface area contributed by atoms with E-state index in [1.807, 2.05) is 19.1 Å². The van der Waals surface area contributed by atoms with Crippen LogP contribution >= 0.6 is 0 Å². The van der Waals surface area contributed by atoms with Crippen molar-refractivity contribution in [2.45, 2.75) is 13.5 Å². The maximum absolute atomic E-state index is 12.5. The molecule has 0 radical (unpaired) electrons. The molecule has 0 unspecified atom stereocenters. The predicted octanol–water partition coefficient (Wildman–Crippen LogP) is 2.78. The number of nitrogens with one attached hydrogen (secondary N) is 1. The molecule has 0 spiro atoms. The molecular formula is C20H22N2O4. The summed E-state index contributed by atoms with van der Waals surface area (Å²) in [6.45, 7) is 6.09. The van der Waals surface area contributed by atoms with Gasteiger partial charge in [-0.15, -0.1) is 0 Å². The first kappa shape index (κ1) is 18.1. The number of ether oxygens (including phenoxy) is 1. The lowest BCUT2D eigenvalue weighted by Gasteiger charge is -2.26. The van der Waals surface area contributed by atoms with Crippen LogP contribution in [0.3, 0.4) is 0 Å². The second-order valence-corrected chi connectivity index (χ2v) is 6.37. The van der Waals surface area contributed by atoms with Gasteiger partial charge in [-0.05, 0) is 48.4 Å². The topological polar surface area (TPSA) is 78.9 Å². The molecule has 2 N–H and O–H groups in total. The number of rotatable bonds is 5. The van der Waals surface area contributed by atoms with Crippen LogP contribution < -0.4 is 5.32 Å². The molecule has 26 heavy (non-hydrogen) atoms. The summed E-state index contributed by atoms with van der Waals surface area (Å²) in [5, 5.41) is 11.9. The van der Waals surface area contributed by atoms with Crippen molar-refractivity contribution in [3.63, 3.8) is 0 Å². The smallest absolute Gasteiger partial charge is 0.335 e. The first-order chi connectivity index (χ1) is 12.5. The number of hydrogen-bond acceptors (Lipinski definition) is 4. The van der Waals surface area contributed by atoms with Gasteiger partial charge in [0.2, 0.25) is 0 Å². The highest BCUT2D eigenvalue weighted by atomic mass is 16.5. The summed E-state index contributed by atoms with van der Waals surface area (Å²) in [5.74, 6) is -1.27. The highest BCUT2D eigenvalue weighted by Gasteiger charge is 2.13. The average molecular weight is 354 g/mol. The Kier molecular flexibility index (Phi) is 5.65. The molecule has 1 heterocycles. The zero-order chi connectivity index (χ0) is 18.5. The number of carboxylic acids is 1. The highest BCUT2D eigenvalue weighted by molar-refractivity contribution is 6.05. The number of anilines is 1. The number of carbonyl (C=O) groups is 2. The first-order valence-electron chi connectivity index (χ1n) is 8.57. The summed E-state index contributed by atoms with van der Waals surface area (Å²) in [5.41, 5.74) is 3.46. The Bertz CT molecular complexity index is 796. The Labute approximate surface area is 152 Å². The van der Waals surface area contributed by atoms with E-state index in [1.54, 1.807) is 0 Å². The van der Waals surface area contributed by atoms with Gasteiger partial charge in [-0.25, -0.2) is 4.79 Å². The van der Waals surface area contributed by atoms with Crippen molar-refractivity contribution in [2.75, 3.05) is 31.6 Å². The van der Waals surface area contributed by atoms with Gasteiger partial charge in [0.1, 0.15) is 0 Å². The van der Waals surface area contributed by atoms with Gasteiger partial charge < -0.3 is 15.2 Å². The van der Waals surface area contributed by atoms with Gasteiger partial charge in [0.25, 0.3) is 5.91 Å². The first-order valence-corrected chi connectivity index (χ1v) is 8.57. The fourth-order valence-electron chi connectivity index (χ4n) is 2.88. The second-order valence-electron chi connectivity index (χ2n) is 6.37. The van der Waals surface area contributed by atoms with E-state index < -0.39 is 5.97 Å². The summed E-state index contributed by atoms with van der Waals surface area (Å²) in [4.78, 5) is 25.7. The Morgan fingerprint density at radius 3 is 2.38 bits per heavy atom. The van der Waals surface area contributed by atoms with Gasteiger partial charge in [0.15, 0.2) is 0 Å². The van der Waals surface area contributed by atoms with Crippen molar-refractivity contribution < 1.29 is 19.4 Å². The van der Waals surface area contributed by atoms with E-state index in [4.69, 9.17) is 9.84 Å². The number of amides is 1. The van der Waals surface area contributed by atoms with Gasteiger partial charge in [-0.3, -0.25) is 9.69 Å². The number of nitrogens with zero attached hydrogens (tertiary/aromatic N) is 1. The normalized spacial score (nSPS) is 14.8. The van der Waals surface area contributed by atoms with Gasteiger partial charge in [-0.1, -0.05) is 12.1 Å². The van der Waals surface area contributed by atoms with Crippen molar-refractivity contribution >= 4 is 17.6 Å². The molecule has 1 amide bonds. The molecule has 0 saturated carbocycles. The van der Waals surface area contributed by atoms with E-state index >= 15 is 0 Å². The fraction of sp³-hybridized carbons (Fsp3) is 0.300. The molecule has 1 saturated heterocycles. The van der Waals surface area contributed by atoms with Gasteiger partial charge in [-0.2, -0.15) is 0 Å². The molecule has 6 heteroatoms. The quantitative estimate of drug-likeness (QED) is 0.863. The Morgan fingerprint density at radius 2 is 1.73 bits per heavy atom. The molecule has 3 rings (SSSR count). The summed E-state index contributed by atoms with van der Waals surface area (Å²) >= 11 is 0. The minimum Gasteiger partial charge on any atom is -0.478 e. The third-order valence-corrected chi connectivity index (χ3v) is 4.45. The molecule has 1 fully saturated rings. The molecule has 2 aromatic rings. The molecule has 6 nitrogen and oxygen atoms in total. The number of carboxylic acid groups (broad SMARTS) is 1. The number of aryl methyl sites for hydroxylation is 1. The SMILES string of the molecule is Cc1ccc(CN2CCOCC2)cc1NC(=O)c1ccc(C(=O)O)cc1. The molecule has 1 aliphatic rings. The van der Waals surface area contributed by atoms with Gasteiger partial charge in [0, 0.05) is 30.9 Å². The number of carbonyl (C=O) groups excluding carboxylic acids is 1. The van der Waals surface area contributed by atoms with Crippen LogP contribution in [0.5, 0.6) is 0 Å². The zero-order valence-corrected chi connectivity index (χ0v) is 14.7. The highest BCUT2D eigenvalue weighted by Crippen LogP contribution is 2.20. The Hall–Kier alpha value is -2.70. The summed E-state index contributed by atoms with van der Waals surface area (Å²) < 4.78 is 5.37. The van der Waals surface area contributed by atoms with Gasteiger partial charge in [0.05, 0.1) is 18.8 Å². The van der Waals surface area contributed by atoms with Crippen LogP contribution in [0.4, 0.5) is 5.69 Å². The minimum absolute atomic E-state index is 0.158. The average Bonchev–Trinajstić information content (AvgIpc) is 2.65. The van der Waals surface area contributed by atoms with Crippen molar-refractivity contribution in [3.05, 3.63) is 64.7 Å². The molecule has 2 aromatic carbocycles. The van der Waals surface area contributed by atoms with Crippen LogP contribution in [0.15, 0.2) is 42.5 Å². The molecule has 0 aliphatic carbocycles. The van der Waals surface area contributed by atoms with Crippen LogP contribution in [0, 0.1) is 6.92 Å². The molecular weight excluding hydrogens is 332 g/mol.